The van der Waals surface area contributed by atoms with Crippen LogP contribution in [0.1, 0.15) is 19.0 Å². The van der Waals surface area contributed by atoms with Crippen LogP contribution in [0.15, 0.2) is 47.9 Å². The van der Waals surface area contributed by atoms with E-state index in [2.05, 4.69) is 22.0 Å². The van der Waals surface area contributed by atoms with Gasteiger partial charge in [0, 0.05) is 30.4 Å². The topological polar surface area (TPSA) is 87.6 Å². The molecular weight excluding hydrogens is 266 g/mol. The van der Waals surface area contributed by atoms with Crippen LogP contribution in [-0.2, 0) is 6.42 Å². The van der Waals surface area contributed by atoms with Crippen molar-refractivity contribution in [2.75, 3.05) is 11.4 Å². The lowest BCUT2D eigenvalue weighted by molar-refractivity contribution is 0.317. The van der Waals surface area contributed by atoms with Gasteiger partial charge in [-0.2, -0.15) is 0 Å². The first kappa shape index (κ1) is 14.8. The molecule has 0 fully saturated rings. The summed E-state index contributed by atoms with van der Waals surface area (Å²) in [6, 6.07) is 11.9. The molecule has 2 rings (SSSR count). The molecule has 0 aliphatic carbocycles. The van der Waals surface area contributed by atoms with Crippen LogP contribution in [0, 0.1) is 0 Å². The van der Waals surface area contributed by atoms with Crippen molar-refractivity contribution in [3.05, 3.63) is 48.4 Å². The van der Waals surface area contributed by atoms with Crippen molar-refractivity contribution in [2.24, 2.45) is 10.9 Å². The summed E-state index contributed by atoms with van der Waals surface area (Å²) in [7, 11) is 0. The molecule has 1 aromatic heterocycles. The fourth-order valence-corrected chi connectivity index (χ4v) is 1.99. The van der Waals surface area contributed by atoms with Crippen molar-refractivity contribution in [1.29, 1.82) is 0 Å². The monoisotopic (exact) mass is 285 g/mol. The number of oxime groups is 1. The highest BCUT2D eigenvalue weighted by Gasteiger charge is 2.12. The Labute approximate surface area is 123 Å². The summed E-state index contributed by atoms with van der Waals surface area (Å²) in [6.07, 6.45) is 2.85. The first-order valence-corrected chi connectivity index (χ1v) is 6.84. The summed E-state index contributed by atoms with van der Waals surface area (Å²) in [5.41, 5.74) is 7.55. The molecule has 110 valence electrons. The number of benzene rings is 1. The molecule has 6 nitrogen and oxygen atoms in total. The number of aromatic nitrogens is 2. The molecule has 6 heteroatoms. The highest BCUT2D eigenvalue weighted by atomic mass is 16.4. The van der Waals surface area contributed by atoms with E-state index in [0.29, 0.717) is 13.0 Å². The van der Waals surface area contributed by atoms with Crippen LogP contribution in [0.2, 0.25) is 0 Å². The van der Waals surface area contributed by atoms with E-state index >= 15 is 0 Å². The standard InChI is InChI=1S/C15H19N5O/c1-2-12-10-15(18-11-17-12)20(9-8-14(16)19-21)13-6-4-3-5-7-13/h3-7,10-11,21H,2,8-9H2,1H3,(H2,16,19). The second-order valence-corrected chi connectivity index (χ2v) is 4.55. The minimum absolute atomic E-state index is 0.195. The Morgan fingerprint density at radius 1 is 1.29 bits per heavy atom. The predicted molar refractivity (Wildman–Crippen MR) is 82.9 cm³/mol. The summed E-state index contributed by atoms with van der Waals surface area (Å²) in [5, 5.41) is 11.7. The van der Waals surface area contributed by atoms with Crippen LogP contribution in [0.4, 0.5) is 11.5 Å². The third-order valence-electron chi connectivity index (χ3n) is 3.14. The maximum absolute atomic E-state index is 8.69. The smallest absolute Gasteiger partial charge is 0.140 e. The van der Waals surface area contributed by atoms with Gasteiger partial charge in [-0.3, -0.25) is 0 Å². The molecule has 0 unspecified atom stereocenters. The van der Waals surface area contributed by atoms with Crippen LogP contribution >= 0.6 is 0 Å². The lowest BCUT2D eigenvalue weighted by Crippen LogP contribution is -2.25. The van der Waals surface area contributed by atoms with Crippen molar-refractivity contribution < 1.29 is 5.21 Å². The number of para-hydroxylation sites is 1. The lowest BCUT2D eigenvalue weighted by atomic mass is 10.2. The molecule has 0 aliphatic rings. The number of rotatable bonds is 6. The molecule has 0 amide bonds. The quantitative estimate of drug-likeness (QED) is 0.368. The fourth-order valence-electron chi connectivity index (χ4n) is 1.99. The summed E-state index contributed by atoms with van der Waals surface area (Å²) >= 11 is 0. The minimum Gasteiger partial charge on any atom is -0.409 e. The number of nitrogens with zero attached hydrogens (tertiary/aromatic N) is 4. The molecule has 1 aromatic carbocycles. The van der Waals surface area contributed by atoms with Crippen molar-refractivity contribution >= 4 is 17.3 Å². The van der Waals surface area contributed by atoms with Gasteiger partial charge in [-0.05, 0) is 18.6 Å². The van der Waals surface area contributed by atoms with Crippen LogP contribution < -0.4 is 10.6 Å². The summed E-state index contributed by atoms with van der Waals surface area (Å²) in [6.45, 7) is 2.62. The molecule has 21 heavy (non-hydrogen) atoms. The third kappa shape index (κ3) is 3.92. The van der Waals surface area contributed by atoms with Crippen molar-refractivity contribution in [2.45, 2.75) is 19.8 Å². The molecule has 0 saturated heterocycles. The first-order valence-electron chi connectivity index (χ1n) is 6.84. The average Bonchev–Trinajstić information content (AvgIpc) is 2.56. The van der Waals surface area contributed by atoms with Gasteiger partial charge in [-0.1, -0.05) is 30.3 Å². The molecular formula is C15H19N5O. The number of aryl methyl sites for hydroxylation is 1. The molecule has 2 aromatic rings. The highest BCUT2D eigenvalue weighted by Crippen LogP contribution is 2.23. The molecule has 0 spiro atoms. The maximum Gasteiger partial charge on any atom is 0.140 e. The Morgan fingerprint density at radius 3 is 2.71 bits per heavy atom. The van der Waals surface area contributed by atoms with Crippen molar-refractivity contribution in [3.63, 3.8) is 0 Å². The third-order valence-corrected chi connectivity index (χ3v) is 3.14. The summed E-state index contributed by atoms with van der Waals surface area (Å²) < 4.78 is 0. The second-order valence-electron chi connectivity index (χ2n) is 4.55. The molecule has 1 heterocycles. The van der Waals surface area contributed by atoms with Gasteiger partial charge in [0.05, 0.1) is 0 Å². The van der Waals surface area contributed by atoms with Gasteiger partial charge in [0.15, 0.2) is 0 Å². The van der Waals surface area contributed by atoms with Crippen LogP contribution in [0.25, 0.3) is 0 Å². The predicted octanol–water partition coefficient (Wildman–Crippen LogP) is 2.31. The zero-order valence-electron chi connectivity index (χ0n) is 12.0. The Hall–Kier alpha value is -2.63. The van der Waals surface area contributed by atoms with E-state index in [-0.39, 0.29) is 5.84 Å². The minimum atomic E-state index is 0.195. The molecule has 0 radical (unpaired) electrons. The van der Waals surface area contributed by atoms with Gasteiger partial charge in [0.25, 0.3) is 0 Å². The normalized spacial score (nSPS) is 11.4. The zero-order valence-corrected chi connectivity index (χ0v) is 12.0. The van der Waals surface area contributed by atoms with Crippen molar-refractivity contribution in [1.82, 2.24) is 9.97 Å². The Bertz CT molecular complexity index is 600. The van der Waals surface area contributed by atoms with E-state index < -0.39 is 0 Å². The molecule has 3 N–H and O–H groups in total. The van der Waals surface area contributed by atoms with Gasteiger partial charge in [0.2, 0.25) is 0 Å². The number of amidine groups is 1. The molecule has 0 atom stereocenters. The number of nitrogens with two attached hydrogens (primary N) is 1. The molecule has 0 aliphatic heterocycles. The number of anilines is 2. The van der Waals surface area contributed by atoms with E-state index in [1.807, 2.05) is 41.3 Å². The molecule has 0 bridgehead atoms. The Morgan fingerprint density at radius 2 is 2.05 bits per heavy atom. The van der Waals surface area contributed by atoms with Gasteiger partial charge in [-0.15, -0.1) is 0 Å². The number of hydrogen-bond acceptors (Lipinski definition) is 5. The van der Waals surface area contributed by atoms with Crippen molar-refractivity contribution in [3.8, 4) is 0 Å². The van der Waals surface area contributed by atoms with E-state index in [4.69, 9.17) is 10.9 Å². The summed E-state index contributed by atoms with van der Waals surface area (Å²) in [4.78, 5) is 10.6. The van der Waals surface area contributed by atoms with Crippen LogP contribution in [0.3, 0.4) is 0 Å². The molecule has 0 saturated carbocycles. The van der Waals surface area contributed by atoms with Gasteiger partial charge in [-0.25, -0.2) is 9.97 Å². The Balaban J connectivity index is 2.30. The Kier molecular flexibility index (Phi) is 5.09. The second kappa shape index (κ2) is 7.23. The van der Waals surface area contributed by atoms with Crippen LogP contribution in [-0.4, -0.2) is 27.6 Å². The van der Waals surface area contributed by atoms with Gasteiger partial charge < -0.3 is 15.8 Å². The average molecular weight is 285 g/mol. The first-order chi connectivity index (χ1) is 10.2. The van der Waals surface area contributed by atoms with Gasteiger partial charge >= 0.3 is 0 Å². The number of hydrogen-bond donors (Lipinski definition) is 2. The highest BCUT2D eigenvalue weighted by molar-refractivity contribution is 5.80. The van der Waals surface area contributed by atoms with Gasteiger partial charge in [0.1, 0.15) is 18.0 Å². The van der Waals surface area contributed by atoms with E-state index in [1.165, 1.54) is 0 Å². The van der Waals surface area contributed by atoms with E-state index in [1.54, 1.807) is 6.33 Å². The van der Waals surface area contributed by atoms with E-state index in [0.717, 1.165) is 23.6 Å². The van der Waals surface area contributed by atoms with Crippen LogP contribution in [0.5, 0.6) is 0 Å². The van der Waals surface area contributed by atoms with E-state index in [9.17, 15) is 0 Å². The lowest BCUT2D eigenvalue weighted by Gasteiger charge is -2.23. The SMILES string of the molecule is CCc1cc(N(CC/C(N)=N/O)c2ccccc2)ncn1. The fraction of sp³-hybridized carbons (Fsp3) is 0.267. The zero-order chi connectivity index (χ0) is 15.1. The summed E-state index contributed by atoms with van der Waals surface area (Å²) in [5.74, 6) is 1.000. The maximum atomic E-state index is 8.69. The largest absolute Gasteiger partial charge is 0.409 e.